The summed E-state index contributed by atoms with van der Waals surface area (Å²) in [5, 5.41) is 9.24. The maximum atomic E-state index is 12.0. The minimum atomic E-state index is -0.365. The lowest BCUT2D eigenvalue weighted by Gasteiger charge is -2.14. The van der Waals surface area contributed by atoms with Crippen LogP contribution in [0.15, 0.2) is 28.8 Å². The minimum absolute atomic E-state index is 0.325. The van der Waals surface area contributed by atoms with E-state index in [4.69, 9.17) is 9.26 Å². The van der Waals surface area contributed by atoms with Crippen LogP contribution < -0.4 is 15.4 Å². The Morgan fingerprint density at radius 2 is 2.00 bits per heavy atom. The molecule has 2 amide bonds. The van der Waals surface area contributed by atoms with E-state index in [0.717, 1.165) is 18.6 Å². The van der Waals surface area contributed by atoms with Crippen molar-refractivity contribution in [1.29, 1.82) is 0 Å². The summed E-state index contributed by atoms with van der Waals surface area (Å²) in [6.07, 6.45) is 5.04. The van der Waals surface area contributed by atoms with E-state index in [9.17, 15) is 4.79 Å². The number of urea groups is 1. The first-order valence-electron chi connectivity index (χ1n) is 8.24. The van der Waals surface area contributed by atoms with Crippen LogP contribution in [0.4, 0.5) is 10.5 Å². The predicted molar refractivity (Wildman–Crippen MR) is 88.9 cm³/mol. The third-order valence-corrected chi connectivity index (χ3v) is 3.98. The Balaban J connectivity index is 1.50. The van der Waals surface area contributed by atoms with E-state index in [1.165, 1.54) is 12.8 Å². The molecule has 1 fully saturated rings. The van der Waals surface area contributed by atoms with Gasteiger partial charge < -0.3 is 19.9 Å². The number of nitrogens with one attached hydrogen (secondary N) is 2. The second kappa shape index (κ2) is 7.33. The van der Waals surface area contributed by atoms with E-state index in [1.807, 2.05) is 24.3 Å². The van der Waals surface area contributed by atoms with Crippen LogP contribution in [-0.2, 0) is 0 Å². The molecular formula is C17H22N4O3. The summed E-state index contributed by atoms with van der Waals surface area (Å²) in [5.41, 5.74) is 0.695. The van der Waals surface area contributed by atoms with Crippen LogP contribution in [-0.4, -0.2) is 22.3 Å². The second-order valence-corrected chi connectivity index (χ2v) is 6.05. The number of nitrogens with zero attached hydrogens (tertiary/aromatic N) is 2. The van der Waals surface area contributed by atoms with E-state index in [1.54, 1.807) is 13.8 Å². The Bertz CT molecular complexity index is 677. The standard InChI is InChI=1S/C17H22N4O3/c1-11(16-19-12(2)21-24-16)18-17(22)20-13-7-9-15(10-8-13)23-14-5-3-4-6-14/h7-11,14H,3-6H2,1-2H3,(H2,18,20,22)/t11-/m0/s1. The molecule has 2 N–H and O–H groups in total. The van der Waals surface area contributed by atoms with Crippen LogP contribution in [0.2, 0.25) is 0 Å². The molecule has 0 radical (unpaired) electrons. The maximum absolute atomic E-state index is 12.0. The molecular weight excluding hydrogens is 308 g/mol. The van der Waals surface area contributed by atoms with Gasteiger partial charge in [-0.15, -0.1) is 0 Å². The Morgan fingerprint density at radius 3 is 2.62 bits per heavy atom. The SMILES string of the molecule is Cc1noc([C@H](C)NC(=O)Nc2ccc(OC3CCCC3)cc2)n1. The molecule has 0 spiro atoms. The molecule has 1 saturated carbocycles. The van der Waals surface area contributed by atoms with Crippen LogP contribution in [0.1, 0.15) is 50.4 Å². The molecule has 1 aromatic carbocycles. The highest BCUT2D eigenvalue weighted by Crippen LogP contribution is 2.25. The van der Waals surface area contributed by atoms with Gasteiger partial charge >= 0.3 is 6.03 Å². The summed E-state index contributed by atoms with van der Waals surface area (Å²) in [7, 11) is 0. The van der Waals surface area contributed by atoms with Gasteiger partial charge in [-0.05, 0) is 63.8 Å². The number of hydrogen-bond donors (Lipinski definition) is 2. The normalized spacial score (nSPS) is 15.9. The van der Waals surface area contributed by atoms with E-state index in [-0.39, 0.29) is 12.1 Å². The van der Waals surface area contributed by atoms with Gasteiger partial charge in [0.05, 0.1) is 6.10 Å². The zero-order chi connectivity index (χ0) is 16.9. The molecule has 24 heavy (non-hydrogen) atoms. The molecule has 0 unspecified atom stereocenters. The molecule has 7 nitrogen and oxygen atoms in total. The zero-order valence-electron chi connectivity index (χ0n) is 13.9. The number of hydrogen-bond acceptors (Lipinski definition) is 5. The lowest BCUT2D eigenvalue weighted by molar-refractivity contribution is 0.210. The van der Waals surface area contributed by atoms with Crippen molar-refractivity contribution in [3.05, 3.63) is 36.0 Å². The minimum Gasteiger partial charge on any atom is -0.490 e. The third kappa shape index (κ3) is 4.24. The van der Waals surface area contributed by atoms with Crippen molar-refractivity contribution in [1.82, 2.24) is 15.5 Å². The van der Waals surface area contributed by atoms with Crippen LogP contribution in [0, 0.1) is 6.92 Å². The maximum Gasteiger partial charge on any atom is 0.319 e. The smallest absolute Gasteiger partial charge is 0.319 e. The quantitative estimate of drug-likeness (QED) is 0.874. The van der Waals surface area contributed by atoms with Gasteiger partial charge in [0.15, 0.2) is 5.82 Å². The highest BCUT2D eigenvalue weighted by atomic mass is 16.5. The number of aryl methyl sites for hydroxylation is 1. The molecule has 1 aromatic heterocycles. The van der Waals surface area contributed by atoms with Gasteiger partial charge in [-0.3, -0.25) is 0 Å². The number of carbonyl (C=O) groups is 1. The molecule has 0 bridgehead atoms. The fourth-order valence-corrected chi connectivity index (χ4v) is 2.73. The van der Waals surface area contributed by atoms with Crippen molar-refractivity contribution in [2.24, 2.45) is 0 Å². The number of ether oxygens (including phenoxy) is 1. The van der Waals surface area contributed by atoms with Gasteiger partial charge in [0.25, 0.3) is 0 Å². The van der Waals surface area contributed by atoms with E-state index >= 15 is 0 Å². The number of rotatable bonds is 5. The Hall–Kier alpha value is -2.57. The Labute approximate surface area is 140 Å². The van der Waals surface area contributed by atoms with E-state index in [0.29, 0.717) is 23.5 Å². The zero-order valence-corrected chi connectivity index (χ0v) is 13.9. The monoisotopic (exact) mass is 330 g/mol. The number of anilines is 1. The summed E-state index contributed by atoms with van der Waals surface area (Å²) in [6.45, 7) is 3.51. The molecule has 2 aromatic rings. The van der Waals surface area contributed by atoms with Crippen molar-refractivity contribution in [3.8, 4) is 5.75 Å². The summed E-state index contributed by atoms with van der Waals surface area (Å²) >= 11 is 0. The van der Waals surface area contributed by atoms with Crippen LogP contribution in [0.25, 0.3) is 0 Å². The first-order valence-corrected chi connectivity index (χ1v) is 8.24. The first kappa shape index (κ1) is 16.3. The second-order valence-electron chi connectivity index (χ2n) is 6.05. The summed E-state index contributed by atoms with van der Waals surface area (Å²) < 4.78 is 10.9. The first-order chi connectivity index (χ1) is 11.6. The summed E-state index contributed by atoms with van der Waals surface area (Å²) in [5.74, 6) is 1.75. The average Bonchev–Trinajstić information content (AvgIpc) is 3.21. The predicted octanol–water partition coefficient (Wildman–Crippen LogP) is 3.58. The topological polar surface area (TPSA) is 89.3 Å². The van der Waals surface area contributed by atoms with Gasteiger partial charge in [0.1, 0.15) is 11.8 Å². The Morgan fingerprint density at radius 1 is 1.29 bits per heavy atom. The largest absolute Gasteiger partial charge is 0.490 e. The molecule has 1 heterocycles. The van der Waals surface area contributed by atoms with E-state index < -0.39 is 0 Å². The van der Waals surface area contributed by atoms with Gasteiger partial charge in [-0.2, -0.15) is 4.98 Å². The molecule has 0 saturated heterocycles. The highest BCUT2D eigenvalue weighted by molar-refractivity contribution is 5.89. The molecule has 128 valence electrons. The third-order valence-electron chi connectivity index (χ3n) is 3.98. The molecule has 3 rings (SSSR count). The molecule has 1 atom stereocenters. The molecule has 1 aliphatic carbocycles. The number of benzene rings is 1. The van der Waals surface area contributed by atoms with Gasteiger partial charge in [-0.25, -0.2) is 4.79 Å². The van der Waals surface area contributed by atoms with Crippen molar-refractivity contribution < 1.29 is 14.1 Å². The van der Waals surface area contributed by atoms with Crippen LogP contribution in [0.3, 0.4) is 0 Å². The van der Waals surface area contributed by atoms with Gasteiger partial charge in [-0.1, -0.05) is 5.16 Å². The molecule has 1 aliphatic rings. The highest BCUT2D eigenvalue weighted by Gasteiger charge is 2.17. The summed E-state index contributed by atoms with van der Waals surface area (Å²) in [6, 6.07) is 6.70. The lowest BCUT2D eigenvalue weighted by atomic mass is 10.2. The fraction of sp³-hybridized carbons (Fsp3) is 0.471. The molecule has 7 heteroatoms. The Kier molecular flexibility index (Phi) is 4.98. The van der Waals surface area contributed by atoms with Crippen LogP contribution in [0.5, 0.6) is 5.75 Å². The number of carbonyl (C=O) groups excluding carboxylic acids is 1. The number of aromatic nitrogens is 2. The van der Waals surface area contributed by atoms with E-state index in [2.05, 4.69) is 20.8 Å². The van der Waals surface area contributed by atoms with Crippen molar-refractivity contribution in [2.75, 3.05) is 5.32 Å². The van der Waals surface area contributed by atoms with Crippen molar-refractivity contribution in [2.45, 2.75) is 51.7 Å². The lowest BCUT2D eigenvalue weighted by Crippen LogP contribution is -2.31. The summed E-state index contributed by atoms with van der Waals surface area (Å²) in [4.78, 5) is 16.1. The fourth-order valence-electron chi connectivity index (χ4n) is 2.73. The van der Waals surface area contributed by atoms with Gasteiger partial charge in [0, 0.05) is 5.69 Å². The number of amides is 2. The molecule has 0 aliphatic heterocycles. The van der Waals surface area contributed by atoms with Crippen molar-refractivity contribution in [3.63, 3.8) is 0 Å². The van der Waals surface area contributed by atoms with Gasteiger partial charge in [0.2, 0.25) is 5.89 Å². The van der Waals surface area contributed by atoms with Crippen molar-refractivity contribution >= 4 is 11.7 Å². The average molecular weight is 330 g/mol. The van der Waals surface area contributed by atoms with Crippen LogP contribution >= 0.6 is 0 Å².